The largest absolute Gasteiger partial charge is 0.309 e. The Bertz CT molecular complexity index is 1490. The molecule has 0 bridgehead atoms. The van der Waals surface area contributed by atoms with E-state index in [0.29, 0.717) is 0 Å². The Hall–Kier alpha value is -3.04. The third-order valence-corrected chi connectivity index (χ3v) is 6.43. The Kier molecular flexibility index (Phi) is 3.06. The molecule has 0 N–H and O–H groups in total. The van der Waals surface area contributed by atoms with Gasteiger partial charge in [0.2, 0.25) is 0 Å². The maximum atomic E-state index is 6.08. The van der Waals surface area contributed by atoms with Crippen LogP contribution >= 0.6 is 11.3 Å². The van der Waals surface area contributed by atoms with Crippen molar-refractivity contribution in [1.29, 1.82) is 0 Å². The van der Waals surface area contributed by atoms with Crippen molar-refractivity contribution >= 4 is 66.6 Å². The van der Waals surface area contributed by atoms with Crippen LogP contribution in [0.3, 0.4) is 0 Å². The molecule has 2 heterocycles. The van der Waals surface area contributed by atoms with Gasteiger partial charge in [-0.15, -0.1) is 11.3 Å². The minimum absolute atomic E-state index is 0.779. The van der Waals surface area contributed by atoms with Gasteiger partial charge in [0.05, 0.1) is 11.0 Å². The molecule has 27 heavy (non-hydrogen) atoms. The van der Waals surface area contributed by atoms with Crippen LogP contribution in [-0.4, -0.2) is 12.4 Å². The smallest absolute Gasteiger partial charge is 0.113 e. The van der Waals surface area contributed by atoms with Crippen molar-refractivity contribution < 1.29 is 0 Å². The fraction of sp³-hybridized carbons (Fsp3) is 0. The summed E-state index contributed by atoms with van der Waals surface area (Å²) in [5.41, 5.74) is 4.31. The summed E-state index contributed by atoms with van der Waals surface area (Å²) >= 11 is 1.86. The summed E-state index contributed by atoms with van der Waals surface area (Å²) in [7, 11) is 6.08. The van der Waals surface area contributed by atoms with Crippen LogP contribution in [0.15, 0.2) is 84.9 Å². The van der Waals surface area contributed by atoms with Crippen molar-refractivity contribution in [3.8, 4) is 5.69 Å². The third kappa shape index (κ3) is 2.12. The van der Waals surface area contributed by atoms with Crippen molar-refractivity contribution in [3.05, 3.63) is 84.9 Å². The van der Waals surface area contributed by atoms with Crippen molar-refractivity contribution in [2.45, 2.75) is 0 Å². The first-order valence-electron chi connectivity index (χ1n) is 9.00. The van der Waals surface area contributed by atoms with E-state index in [1.54, 1.807) is 0 Å². The van der Waals surface area contributed by atoms with Crippen LogP contribution in [0, 0.1) is 0 Å². The number of rotatable bonds is 1. The van der Waals surface area contributed by atoms with Gasteiger partial charge in [0.1, 0.15) is 7.85 Å². The van der Waals surface area contributed by atoms with E-state index < -0.39 is 0 Å². The molecule has 124 valence electrons. The number of nitrogens with zero attached hydrogens (tertiary/aromatic N) is 1. The van der Waals surface area contributed by atoms with Gasteiger partial charge < -0.3 is 4.57 Å². The van der Waals surface area contributed by atoms with Gasteiger partial charge in [-0.1, -0.05) is 54.0 Å². The first kappa shape index (κ1) is 15.1. The van der Waals surface area contributed by atoms with E-state index in [1.807, 2.05) is 29.5 Å². The number of thiophene rings is 1. The highest BCUT2D eigenvalue weighted by molar-refractivity contribution is 7.25. The zero-order valence-electron chi connectivity index (χ0n) is 14.5. The predicted octanol–water partition coefficient (Wildman–Crippen LogP) is 5.95. The highest BCUT2D eigenvalue weighted by Gasteiger charge is 2.15. The van der Waals surface area contributed by atoms with Crippen LogP contribution in [-0.2, 0) is 0 Å². The fourth-order valence-electron chi connectivity index (χ4n) is 4.13. The van der Waals surface area contributed by atoms with Crippen LogP contribution in [0.5, 0.6) is 0 Å². The van der Waals surface area contributed by atoms with Crippen molar-refractivity contribution in [2.75, 3.05) is 0 Å². The Morgan fingerprint density at radius 2 is 1.41 bits per heavy atom. The molecule has 2 radical (unpaired) electrons. The van der Waals surface area contributed by atoms with Gasteiger partial charge in [-0.05, 0) is 36.4 Å². The second-order valence-electron chi connectivity index (χ2n) is 6.91. The summed E-state index contributed by atoms with van der Waals surface area (Å²) in [6, 6.07) is 30.1. The average molecular weight is 359 g/mol. The molecule has 0 unspecified atom stereocenters. The topological polar surface area (TPSA) is 4.93 Å². The summed E-state index contributed by atoms with van der Waals surface area (Å²) in [5, 5.41) is 5.22. The summed E-state index contributed by atoms with van der Waals surface area (Å²) in [4.78, 5) is 0. The second-order valence-corrected chi connectivity index (χ2v) is 8.00. The van der Waals surface area contributed by atoms with Crippen LogP contribution in [0.1, 0.15) is 0 Å². The molecule has 1 nitrogen and oxygen atoms in total. The van der Waals surface area contributed by atoms with Gasteiger partial charge in [-0.2, -0.15) is 0 Å². The van der Waals surface area contributed by atoms with Crippen LogP contribution in [0.25, 0.3) is 47.7 Å². The molecule has 0 saturated heterocycles. The summed E-state index contributed by atoms with van der Waals surface area (Å²) in [6.45, 7) is 0. The number of fused-ring (bicyclic) bond motifs is 6. The first-order valence-corrected chi connectivity index (χ1v) is 9.82. The minimum atomic E-state index is 0.779. The fourth-order valence-corrected chi connectivity index (χ4v) is 5.25. The highest BCUT2D eigenvalue weighted by Crippen LogP contribution is 2.40. The number of hydrogen-bond acceptors (Lipinski definition) is 1. The minimum Gasteiger partial charge on any atom is -0.309 e. The van der Waals surface area contributed by atoms with Gasteiger partial charge in [-0.3, -0.25) is 0 Å². The number of aromatic nitrogens is 1. The molecule has 0 aliphatic rings. The Morgan fingerprint density at radius 3 is 2.30 bits per heavy atom. The van der Waals surface area contributed by atoms with Crippen molar-refractivity contribution in [2.24, 2.45) is 0 Å². The third-order valence-electron chi connectivity index (χ3n) is 5.30. The second kappa shape index (κ2) is 5.48. The van der Waals surface area contributed by atoms with Crippen LogP contribution in [0.4, 0.5) is 0 Å². The van der Waals surface area contributed by atoms with Gasteiger partial charge in [-0.25, -0.2) is 0 Å². The molecule has 0 fully saturated rings. The molecule has 0 amide bonds. The molecule has 0 spiro atoms. The maximum Gasteiger partial charge on any atom is 0.113 e. The monoisotopic (exact) mass is 359 g/mol. The number of hydrogen-bond donors (Lipinski definition) is 0. The Morgan fingerprint density at radius 1 is 0.593 bits per heavy atom. The van der Waals surface area contributed by atoms with Crippen LogP contribution < -0.4 is 5.46 Å². The standard InChI is InChI=1S/C24H14BNS/c25-15-6-5-7-16(12-15)26-21-10-3-1-8-17(21)19-13-20-18-9-2-4-11-23(18)27-24(20)14-22(19)26/h1-14H. The Labute approximate surface area is 161 Å². The lowest BCUT2D eigenvalue weighted by Gasteiger charge is -2.08. The normalized spacial score (nSPS) is 11.9. The molecule has 0 saturated carbocycles. The molecule has 3 heteroatoms. The lowest BCUT2D eigenvalue weighted by atomic mass is 9.96. The van der Waals surface area contributed by atoms with Crippen molar-refractivity contribution in [1.82, 2.24) is 4.57 Å². The average Bonchev–Trinajstić information content (AvgIpc) is 3.21. The van der Waals surface area contributed by atoms with E-state index in [2.05, 4.69) is 71.3 Å². The van der Waals surface area contributed by atoms with Crippen LogP contribution in [0.2, 0.25) is 0 Å². The summed E-state index contributed by atoms with van der Waals surface area (Å²) in [5.74, 6) is 0. The highest BCUT2D eigenvalue weighted by atomic mass is 32.1. The quantitative estimate of drug-likeness (QED) is 0.320. The molecule has 0 aliphatic heterocycles. The molecular formula is C24H14BNS. The summed E-state index contributed by atoms with van der Waals surface area (Å²) < 4.78 is 4.97. The lowest BCUT2D eigenvalue weighted by Crippen LogP contribution is -2.04. The molecular weight excluding hydrogens is 345 g/mol. The van der Waals surface area contributed by atoms with E-state index >= 15 is 0 Å². The van der Waals surface area contributed by atoms with E-state index in [9.17, 15) is 0 Å². The van der Waals surface area contributed by atoms with E-state index in [-0.39, 0.29) is 0 Å². The lowest BCUT2D eigenvalue weighted by molar-refractivity contribution is 1.19. The Balaban J connectivity index is 1.83. The molecule has 6 aromatic rings. The molecule has 0 aliphatic carbocycles. The van der Waals surface area contributed by atoms with Gasteiger partial charge in [0.25, 0.3) is 0 Å². The summed E-state index contributed by atoms with van der Waals surface area (Å²) in [6.07, 6.45) is 0. The van der Waals surface area contributed by atoms with Crippen molar-refractivity contribution in [3.63, 3.8) is 0 Å². The SMILES string of the molecule is [B]c1cccc(-n2c3ccccc3c3cc4c(cc32)sc2ccccc24)c1. The maximum absolute atomic E-state index is 6.08. The zero-order chi connectivity index (χ0) is 18.0. The first-order chi connectivity index (χ1) is 13.3. The van der Waals surface area contributed by atoms with Gasteiger partial charge >= 0.3 is 0 Å². The van der Waals surface area contributed by atoms with E-state index in [0.717, 1.165) is 11.2 Å². The molecule has 6 rings (SSSR count). The van der Waals surface area contributed by atoms with Gasteiger partial charge in [0, 0.05) is 36.6 Å². The molecule has 4 aromatic carbocycles. The molecule has 2 aromatic heterocycles. The molecule has 0 atom stereocenters. The number of benzene rings is 4. The number of para-hydroxylation sites is 1. The zero-order valence-corrected chi connectivity index (χ0v) is 15.3. The van der Waals surface area contributed by atoms with E-state index in [4.69, 9.17) is 7.85 Å². The van der Waals surface area contributed by atoms with E-state index in [1.165, 1.54) is 42.0 Å². The predicted molar refractivity (Wildman–Crippen MR) is 119 cm³/mol. The van der Waals surface area contributed by atoms with Gasteiger partial charge in [0.15, 0.2) is 0 Å².